The Labute approximate surface area is 128 Å². The Kier molecular flexibility index (Phi) is 4.34. The molecule has 9 heteroatoms. The van der Waals surface area contributed by atoms with Gasteiger partial charge in [-0.1, -0.05) is 15.9 Å². The molecule has 0 spiro atoms. The Morgan fingerprint density at radius 1 is 1.38 bits per heavy atom. The highest BCUT2D eigenvalue weighted by molar-refractivity contribution is 9.10. The first-order valence-electron chi connectivity index (χ1n) is 5.85. The lowest BCUT2D eigenvalue weighted by Crippen LogP contribution is -2.11. The third kappa shape index (κ3) is 3.26. The fraction of sp³-hybridized carbons (Fsp3) is 0.167. The molecule has 0 saturated heterocycles. The topological polar surface area (TPSA) is 116 Å². The fourth-order valence-electron chi connectivity index (χ4n) is 1.68. The summed E-state index contributed by atoms with van der Waals surface area (Å²) in [5.74, 6) is 5.74. The zero-order valence-corrected chi connectivity index (χ0v) is 12.8. The summed E-state index contributed by atoms with van der Waals surface area (Å²) in [5, 5.41) is 11.2. The standard InChI is InChI=1S/C12H12BrN5O3/c1-6-3-8(13)4-9(18(19)20)10(6)21-11-7(2)5-15-12(16-11)17-14/h3-5H,14H2,1-2H3,(H,15,16,17). The number of nitrogens with zero attached hydrogens (tertiary/aromatic N) is 3. The zero-order chi connectivity index (χ0) is 15.6. The minimum absolute atomic E-state index is 0.132. The van der Waals surface area contributed by atoms with Crippen LogP contribution in [0.4, 0.5) is 11.6 Å². The van der Waals surface area contributed by atoms with E-state index in [1.165, 1.54) is 12.3 Å². The highest BCUT2D eigenvalue weighted by Gasteiger charge is 2.21. The number of nitrogens with one attached hydrogen (secondary N) is 1. The maximum absolute atomic E-state index is 11.2. The first-order valence-corrected chi connectivity index (χ1v) is 6.64. The summed E-state index contributed by atoms with van der Waals surface area (Å²) >= 11 is 3.23. The Bertz CT molecular complexity index is 708. The monoisotopic (exact) mass is 353 g/mol. The van der Waals surface area contributed by atoms with E-state index in [2.05, 4.69) is 31.3 Å². The Morgan fingerprint density at radius 2 is 2.10 bits per heavy atom. The van der Waals surface area contributed by atoms with Crippen molar-refractivity contribution in [3.63, 3.8) is 0 Å². The van der Waals surface area contributed by atoms with E-state index in [0.29, 0.717) is 15.6 Å². The molecule has 0 saturated carbocycles. The molecular weight excluding hydrogens is 342 g/mol. The van der Waals surface area contributed by atoms with Gasteiger partial charge in [-0.3, -0.25) is 15.5 Å². The summed E-state index contributed by atoms with van der Waals surface area (Å²) in [4.78, 5) is 18.6. The van der Waals surface area contributed by atoms with Crippen molar-refractivity contribution >= 4 is 27.6 Å². The number of hydrogen-bond donors (Lipinski definition) is 2. The van der Waals surface area contributed by atoms with Crippen LogP contribution in [0.1, 0.15) is 11.1 Å². The average molecular weight is 354 g/mol. The summed E-state index contributed by atoms with van der Waals surface area (Å²) in [6, 6.07) is 3.10. The molecule has 21 heavy (non-hydrogen) atoms. The lowest BCUT2D eigenvalue weighted by atomic mass is 10.2. The molecule has 0 aliphatic heterocycles. The molecule has 110 valence electrons. The largest absolute Gasteiger partial charge is 0.431 e. The van der Waals surface area contributed by atoms with Crippen LogP contribution in [0.5, 0.6) is 11.6 Å². The summed E-state index contributed by atoms with van der Waals surface area (Å²) in [7, 11) is 0. The lowest BCUT2D eigenvalue weighted by Gasteiger charge is -2.11. The number of anilines is 1. The minimum atomic E-state index is -0.508. The molecule has 2 aromatic rings. The average Bonchev–Trinajstić information content (AvgIpc) is 2.43. The second kappa shape index (κ2) is 6.02. The van der Waals surface area contributed by atoms with Gasteiger partial charge < -0.3 is 4.74 Å². The van der Waals surface area contributed by atoms with Gasteiger partial charge >= 0.3 is 5.69 Å². The van der Waals surface area contributed by atoms with Crippen molar-refractivity contribution in [1.82, 2.24) is 9.97 Å². The summed E-state index contributed by atoms with van der Waals surface area (Å²) < 4.78 is 6.22. The van der Waals surface area contributed by atoms with Gasteiger partial charge in [-0.25, -0.2) is 10.8 Å². The second-order valence-electron chi connectivity index (χ2n) is 4.26. The molecule has 8 nitrogen and oxygen atoms in total. The Morgan fingerprint density at radius 3 is 2.71 bits per heavy atom. The van der Waals surface area contributed by atoms with Crippen molar-refractivity contribution in [2.75, 3.05) is 5.43 Å². The number of nitro benzene ring substituents is 1. The summed E-state index contributed by atoms with van der Waals surface area (Å²) in [5.41, 5.74) is 3.39. The fourth-order valence-corrected chi connectivity index (χ4v) is 2.24. The molecule has 1 aromatic carbocycles. The van der Waals surface area contributed by atoms with Crippen LogP contribution < -0.4 is 16.0 Å². The molecule has 2 rings (SSSR count). The van der Waals surface area contributed by atoms with Crippen LogP contribution in [0.15, 0.2) is 22.8 Å². The molecule has 0 amide bonds. The van der Waals surface area contributed by atoms with Gasteiger partial charge in [0.1, 0.15) is 0 Å². The van der Waals surface area contributed by atoms with Gasteiger partial charge in [0.25, 0.3) is 0 Å². The molecule has 0 fully saturated rings. The number of aryl methyl sites for hydroxylation is 2. The maximum atomic E-state index is 11.2. The van der Waals surface area contributed by atoms with Crippen molar-refractivity contribution in [3.8, 4) is 11.6 Å². The van der Waals surface area contributed by atoms with Crippen LogP contribution in [-0.4, -0.2) is 14.9 Å². The van der Waals surface area contributed by atoms with Gasteiger partial charge in [0, 0.05) is 27.9 Å². The van der Waals surface area contributed by atoms with Gasteiger partial charge in [0.2, 0.25) is 17.6 Å². The molecule has 0 aliphatic rings. The quantitative estimate of drug-likeness (QED) is 0.493. The second-order valence-corrected chi connectivity index (χ2v) is 5.17. The van der Waals surface area contributed by atoms with Gasteiger partial charge in [-0.15, -0.1) is 0 Å². The number of nitrogen functional groups attached to an aromatic ring is 1. The van der Waals surface area contributed by atoms with Crippen LogP contribution in [0, 0.1) is 24.0 Å². The molecular formula is C12H12BrN5O3. The minimum Gasteiger partial charge on any atom is -0.431 e. The summed E-state index contributed by atoms with van der Waals surface area (Å²) in [6.45, 7) is 3.45. The maximum Gasteiger partial charge on any atom is 0.313 e. The predicted molar refractivity (Wildman–Crippen MR) is 80.2 cm³/mol. The van der Waals surface area contributed by atoms with Crippen molar-refractivity contribution in [2.24, 2.45) is 5.84 Å². The molecule has 3 N–H and O–H groups in total. The Hall–Kier alpha value is -2.26. The number of benzene rings is 1. The SMILES string of the molecule is Cc1cnc(NN)nc1Oc1c(C)cc(Br)cc1[N+](=O)[O-]. The van der Waals surface area contributed by atoms with E-state index in [0.717, 1.165) is 0 Å². The highest BCUT2D eigenvalue weighted by Crippen LogP contribution is 2.37. The van der Waals surface area contributed by atoms with E-state index >= 15 is 0 Å². The van der Waals surface area contributed by atoms with E-state index in [-0.39, 0.29) is 23.3 Å². The molecule has 1 heterocycles. The number of aromatic nitrogens is 2. The molecule has 0 atom stereocenters. The number of hydrogen-bond acceptors (Lipinski definition) is 7. The van der Waals surface area contributed by atoms with Crippen molar-refractivity contribution < 1.29 is 9.66 Å². The van der Waals surface area contributed by atoms with E-state index in [1.54, 1.807) is 19.9 Å². The first-order chi connectivity index (χ1) is 9.92. The first kappa shape index (κ1) is 15.1. The van der Waals surface area contributed by atoms with Crippen LogP contribution in [0.2, 0.25) is 0 Å². The predicted octanol–water partition coefficient (Wildman–Crippen LogP) is 2.84. The Balaban J connectivity index is 2.51. The number of nitro groups is 1. The van der Waals surface area contributed by atoms with Gasteiger partial charge in [0.15, 0.2) is 0 Å². The van der Waals surface area contributed by atoms with Crippen LogP contribution >= 0.6 is 15.9 Å². The van der Waals surface area contributed by atoms with E-state index in [4.69, 9.17) is 10.6 Å². The third-order valence-corrected chi connectivity index (χ3v) is 3.13. The normalized spacial score (nSPS) is 10.3. The third-order valence-electron chi connectivity index (χ3n) is 2.67. The number of hydrazine groups is 1. The smallest absolute Gasteiger partial charge is 0.313 e. The van der Waals surface area contributed by atoms with E-state index in [1.807, 2.05) is 0 Å². The van der Waals surface area contributed by atoms with Crippen molar-refractivity contribution in [2.45, 2.75) is 13.8 Å². The molecule has 0 aliphatic carbocycles. The molecule has 0 radical (unpaired) electrons. The van der Waals surface area contributed by atoms with Crippen LogP contribution in [-0.2, 0) is 0 Å². The number of rotatable bonds is 4. The zero-order valence-electron chi connectivity index (χ0n) is 11.3. The van der Waals surface area contributed by atoms with Crippen LogP contribution in [0.3, 0.4) is 0 Å². The summed E-state index contributed by atoms with van der Waals surface area (Å²) in [6.07, 6.45) is 1.51. The van der Waals surface area contributed by atoms with Gasteiger partial charge in [0.05, 0.1) is 4.92 Å². The van der Waals surface area contributed by atoms with Crippen molar-refractivity contribution in [1.29, 1.82) is 0 Å². The molecule has 0 unspecified atom stereocenters. The number of nitrogens with two attached hydrogens (primary N) is 1. The van der Waals surface area contributed by atoms with E-state index < -0.39 is 4.92 Å². The van der Waals surface area contributed by atoms with Crippen LogP contribution in [0.25, 0.3) is 0 Å². The lowest BCUT2D eigenvalue weighted by molar-refractivity contribution is -0.385. The van der Waals surface area contributed by atoms with Gasteiger partial charge in [-0.05, 0) is 19.9 Å². The van der Waals surface area contributed by atoms with Crippen molar-refractivity contribution in [3.05, 3.63) is 44.0 Å². The molecule has 1 aromatic heterocycles. The van der Waals surface area contributed by atoms with E-state index in [9.17, 15) is 10.1 Å². The number of ether oxygens (including phenoxy) is 1. The number of halogens is 1. The highest BCUT2D eigenvalue weighted by atomic mass is 79.9. The molecule has 0 bridgehead atoms. The van der Waals surface area contributed by atoms with Gasteiger partial charge in [-0.2, -0.15) is 4.98 Å².